The van der Waals surface area contributed by atoms with Crippen LogP contribution in [0.2, 0.25) is 0 Å². The Labute approximate surface area is 150 Å². The molecule has 0 spiro atoms. The summed E-state index contributed by atoms with van der Waals surface area (Å²) in [6, 6.07) is 6.95. The number of fused-ring (bicyclic) bond motifs is 1. The lowest BCUT2D eigenvalue weighted by molar-refractivity contribution is -0.136. The number of likely N-dealkylation sites (tertiary alicyclic amines) is 1. The molecule has 3 aromatic rings. The summed E-state index contributed by atoms with van der Waals surface area (Å²) in [4.78, 5) is 31.1. The highest BCUT2D eigenvalue weighted by Gasteiger charge is 2.38. The molecular formula is C18H20N6O2. The summed E-state index contributed by atoms with van der Waals surface area (Å²) in [5, 5.41) is 10.9. The van der Waals surface area contributed by atoms with Crippen LogP contribution in [0.5, 0.6) is 0 Å². The first-order valence-electron chi connectivity index (χ1n) is 8.53. The topological polar surface area (TPSA) is 95.9 Å². The van der Waals surface area contributed by atoms with Crippen LogP contribution in [0.4, 0.5) is 0 Å². The highest BCUT2D eigenvalue weighted by Crippen LogP contribution is 2.30. The van der Waals surface area contributed by atoms with Crippen molar-refractivity contribution in [3.05, 3.63) is 48.2 Å². The standard InChI is InChI=1S/C18H20N6O2/c1-23-10-9-19-17(23)16-13(7-8-14(25)24(16)2)20-18(26)15-11-5-3-4-6-12(11)21-22-15/h3-6,9-10,13,16H,7-8H2,1-2H3,(H,20,26)(H,21,22)/t13-,16-/m1/s1. The molecule has 1 aliphatic rings. The quantitative estimate of drug-likeness (QED) is 0.744. The third kappa shape index (κ3) is 2.63. The maximum atomic E-state index is 12.9. The number of aromatic nitrogens is 4. The monoisotopic (exact) mass is 352 g/mol. The van der Waals surface area contributed by atoms with Crippen LogP contribution < -0.4 is 5.32 Å². The van der Waals surface area contributed by atoms with Crippen molar-refractivity contribution in [3.63, 3.8) is 0 Å². The van der Waals surface area contributed by atoms with Gasteiger partial charge in [0.1, 0.15) is 11.9 Å². The van der Waals surface area contributed by atoms with E-state index in [2.05, 4.69) is 20.5 Å². The van der Waals surface area contributed by atoms with Gasteiger partial charge in [0.15, 0.2) is 5.69 Å². The molecule has 8 nitrogen and oxygen atoms in total. The zero-order chi connectivity index (χ0) is 18.3. The van der Waals surface area contributed by atoms with Crippen molar-refractivity contribution in [2.75, 3.05) is 7.05 Å². The molecule has 26 heavy (non-hydrogen) atoms. The summed E-state index contributed by atoms with van der Waals surface area (Å²) in [5.74, 6) is 0.542. The number of para-hydroxylation sites is 1. The number of hydrogen-bond donors (Lipinski definition) is 2. The highest BCUT2D eigenvalue weighted by molar-refractivity contribution is 6.04. The van der Waals surface area contributed by atoms with Gasteiger partial charge in [0, 0.05) is 38.3 Å². The number of imidazole rings is 1. The van der Waals surface area contributed by atoms with Crippen LogP contribution >= 0.6 is 0 Å². The summed E-state index contributed by atoms with van der Waals surface area (Å²) in [5.41, 5.74) is 1.17. The average Bonchev–Trinajstić information content (AvgIpc) is 3.25. The summed E-state index contributed by atoms with van der Waals surface area (Å²) >= 11 is 0. The largest absolute Gasteiger partial charge is 0.345 e. The average molecular weight is 352 g/mol. The van der Waals surface area contributed by atoms with Gasteiger partial charge in [-0.25, -0.2) is 4.98 Å². The summed E-state index contributed by atoms with van der Waals surface area (Å²) < 4.78 is 1.88. The first-order valence-corrected chi connectivity index (χ1v) is 8.53. The van der Waals surface area contributed by atoms with E-state index in [-0.39, 0.29) is 23.9 Å². The number of nitrogens with one attached hydrogen (secondary N) is 2. The van der Waals surface area contributed by atoms with Crippen LogP contribution in [0.3, 0.4) is 0 Å². The van der Waals surface area contributed by atoms with Crippen LogP contribution in [-0.4, -0.2) is 49.6 Å². The predicted molar refractivity (Wildman–Crippen MR) is 95.3 cm³/mol. The highest BCUT2D eigenvalue weighted by atomic mass is 16.2. The van der Waals surface area contributed by atoms with Crippen LogP contribution in [0.15, 0.2) is 36.7 Å². The number of piperidine rings is 1. The Balaban J connectivity index is 1.64. The zero-order valence-corrected chi connectivity index (χ0v) is 14.6. The third-order valence-corrected chi connectivity index (χ3v) is 4.99. The summed E-state index contributed by atoms with van der Waals surface area (Å²) in [6.45, 7) is 0. The van der Waals surface area contributed by atoms with Crippen molar-refractivity contribution in [2.24, 2.45) is 7.05 Å². The van der Waals surface area contributed by atoms with Crippen molar-refractivity contribution in [1.82, 2.24) is 30.0 Å². The lowest BCUT2D eigenvalue weighted by Crippen LogP contribution is -2.51. The van der Waals surface area contributed by atoms with Crippen LogP contribution in [-0.2, 0) is 11.8 Å². The lowest BCUT2D eigenvalue weighted by Gasteiger charge is -2.38. The maximum absolute atomic E-state index is 12.9. The van der Waals surface area contributed by atoms with Gasteiger partial charge in [0.05, 0.1) is 11.6 Å². The molecule has 0 bridgehead atoms. The number of nitrogens with zero attached hydrogens (tertiary/aromatic N) is 4. The number of aryl methyl sites for hydroxylation is 1. The number of carbonyl (C=O) groups excluding carboxylic acids is 2. The van der Waals surface area contributed by atoms with Gasteiger partial charge in [-0.1, -0.05) is 18.2 Å². The number of aromatic amines is 1. The number of H-pyrrole nitrogens is 1. The van der Waals surface area contributed by atoms with Crippen molar-refractivity contribution in [1.29, 1.82) is 0 Å². The second-order valence-corrected chi connectivity index (χ2v) is 6.58. The Morgan fingerprint density at radius 3 is 2.88 bits per heavy atom. The molecule has 0 unspecified atom stereocenters. The molecule has 1 aliphatic heterocycles. The first-order chi connectivity index (χ1) is 12.6. The summed E-state index contributed by atoms with van der Waals surface area (Å²) in [7, 11) is 3.64. The minimum atomic E-state index is -0.314. The lowest BCUT2D eigenvalue weighted by atomic mass is 9.95. The molecule has 2 amide bonds. The van der Waals surface area contributed by atoms with Crippen molar-refractivity contribution < 1.29 is 9.59 Å². The van der Waals surface area contributed by atoms with E-state index in [1.807, 2.05) is 42.1 Å². The molecular weight excluding hydrogens is 332 g/mol. The second kappa shape index (κ2) is 6.29. The van der Waals surface area contributed by atoms with E-state index >= 15 is 0 Å². The normalized spacial score (nSPS) is 20.5. The fraction of sp³-hybridized carbons (Fsp3) is 0.333. The van der Waals surface area contributed by atoms with E-state index in [0.717, 1.165) is 16.7 Å². The van der Waals surface area contributed by atoms with Crippen molar-refractivity contribution >= 4 is 22.7 Å². The van der Waals surface area contributed by atoms with E-state index in [4.69, 9.17) is 0 Å². The Hall–Kier alpha value is -3.16. The first kappa shape index (κ1) is 16.3. The van der Waals surface area contributed by atoms with Crippen LogP contribution in [0.25, 0.3) is 10.9 Å². The van der Waals surface area contributed by atoms with Gasteiger partial charge < -0.3 is 14.8 Å². The van der Waals surface area contributed by atoms with E-state index in [1.165, 1.54) is 0 Å². The molecule has 8 heteroatoms. The van der Waals surface area contributed by atoms with Crippen LogP contribution in [0, 0.1) is 0 Å². The van der Waals surface area contributed by atoms with Gasteiger partial charge in [-0.05, 0) is 12.5 Å². The molecule has 0 saturated carbocycles. The Morgan fingerprint density at radius 2 is 2.12 bits per heavy atom. The number of rotatable bonds is 3. The van der Waals surface area contributed by atoms with Gasteiger partial charge in [-0.3, -0.25) is 14.7 Å². The molecule has 134 valence electrons. The number of likely N-dealkylation sites (N-methyl/N-ethyl adjacent to an activating group) is 1. The smallest absolute Gasteiger partial charge is 0.272 e. The molecule has 0 aliphatic carbocycles. The van der Waals surface area contributed by atoms with Gasteiger partial charge >= 0.3 is 0 Å². The third-order valence-electron chi connectivity index (χ3n) is 4.99. The molecule has 2 N–H and O–H groups in total. The predicted octanol–water partition coefficient (Wildman–Crippen LogP) is 1.39. The fourth-order valence-electron chi connectivity index (χ4n) is 3.58. The summed E-state index contributed by atoms with van der Waals surface area (Å²) in [6.07, 6.45) is 4.49. The maximum Gasteiger partial charge on any atom is 0.272 e. The molecule has 2 aromatic heterocycles. The Kier molecular flexibility index (Phi) is 3.95. The molecule has 2 atom stereocenters. The van der Waals surface area contributed by atoms with Gasteiger partial charge in [0.2, 0.25) is 5.91 Å². The van der Waals surface area contributed by atoms with E-state index < -0.39 is 0 Å². The molecule has 0 radical (unpaired) electrons. The fourth-order valence-corrected chi connectivity index (χ4v) is 3.58. The van der Waals surface area contributed by atoms with Gasteiger partial charge in [-0.2, -0.15) is 5.10 Å². The number of benzene rings is 1. The zero-order valence-electron chi connectivity index (χ0n) is 14.6. The SMILES string of the molecule is CN1C(=O)CC[C@@H](NC(=O)c2n[nH]c3ccccc23)[C@@H]1c1nccn1C. The molecule has 4 rings (SSSR count). The van der Waals surface area contributed by atoms with E-state index in [1.54, 1.807) is 18.1 Å². The van der Waals surface area contributed by atoms with Gasteiger partial charge in [0.25, 0.3) is 5.91 Å². The molecule has 1 aromatic carbocycles. The van der Waals surface area contributed by atoms with Crippen LogP contribution in [0.1, 0.15) is 35.2 Å². The number of amides is 2. The van der Waals surface area contributed by atoms with E-state index in [9.17, 15) is 9.59 Å². The van der Waals surface area contributed by atoms with E-state index in [0.29, 0.717) is 18.5 Å². The Bertz CT molecular complexity index is 975. The minimum Gasteiger partial charge on any atom is -0.345 e. The number of carbonyl (C=O) groups is 2. The molecule has 1 saturated heterocycles. The molecule has 1 fully saturated rings. The number of hydrogen-bond acceptors (Lipinski definition) is 4. The van der Waals surface area contributed by atoms with Gasteiger partial charge in [-0.15, -0.1) is 0 Å². The minimum absolute atomic E-state index is 0.0497. The molecule has 3 heterocycles. The second-order valence-electron chi connectivity index (χ2n) is 6.58. The Morgan fingerprint density at radius 1 is 1.31 bits per heavy atom. The van der Waals surface area contributed by atoms with Crippen molar-refractivity contribution in [2.45, 2.75) is 24.9 Å². The van der Waals surface area contributed by atoms with Crippen molar-refractivity contribution in [3.8, 4) is 0 Å².